The van der Waals surface area contributed by atoms with Crippen molar-refractivity contribution in [1.82, 2.24) is 10.2 Å². The number of carbonyl (C=O) groups is 1. The first-order chi connectivity index (χ1) is 11.4. The van der Waals surface area contributed by atoms with Crippen LogP contribution < -0.4 is 5.32 Å². The minimum Gasteiger partial charge on any atom is -0.375 e. The quantitative estimate of drug-likeness (QED) is 0.843. The van der Waals surface area contributed by atoms with E-state index in [1.54, 1.807) is 0 Å². The highest BCUT2D eigenvalue weighted by atomic mass is 19.4. The van der Waals surface area contributed by atoms with Gasteiger partial charge in [0.05, 0.1) is 16.9 Å². The van der Waals surface area contributed by atoms with E-state index in [1.807, 2.05) is 6.92 Å². The Bertz CT molecular complexity index is 694. The minimum atomic E-state index is -4.40. The largest absolute Gasteiger partial charge is 0.416 e. The zero-order chi connectivity index (χ0) is 17.7. The first-order valence-corrected chi connectivity index (χ1v) is 7.40. The van der Waals surface area contributed by atoms with E-state index >= 15 is 0 Å². The number of benzene rings is 1. The molecule has 1 heterocycles. The van der Waals surface area contributed by atoms with Crippen molar-refractivity contribution < 1.29 is 22.7 Å². The average molecular weight is 341 g/mol. The Labute approximate surface area is 137 Å². The number of rotatable bonds is 6. The molecule has 0 saturated carbocycles. The Morgan fingerprint density at radius 3 is 2.50 bits per heavy atom. The summed E-state index contributed by atoms with van der Waals surface area (Å²) in [6, 6.07) is 4.65. The monoisotopic (exact) mass is 341 g/mol. The topological polar surface area (TPSA) is 67.0 Å². The highest BCUT2D eigenvalue weighted by molar-refractivity contribution is 5.96. The van der Waals surface area contributed by atoms with Crippen LogP contribution in [0.25, 0.3) is 11.3 Å². The number of halogens is 3. The Kier molecular flexibility index (Phi) is 5.61. The van der Waals surface area contributed by atoms with Crippen LogP contribution >= 0.6 is 0 Å². The Balaban J connectivity index is 2.37. The molecule has 1 aromatic heterocycles. The number of carbonyl (C=O) groups excluding carboxylic acids is 1. The third kappa shape index (κ3) is 4.14. The fraction of sp³-hybridized carbons (Fsp3) is 0.375. The molecule has 0 unspecified atom stereocenters. The van der Waals surface area contributed by atoms with E-state index in [0.717, 1.165) is 24.2 Å². The van der Waals surface area contributed by atoms with Crippen molar-refractivity contribution in [3.05, 3.63) is 35.5 Å². The summed E-state index contributed by atoms with van der Waals surface area (Å²) in [5.74, 6) is -0.357. The van der Waals surface area contributed by atoms with Crippen LogP contribution in [0, 0.1) is 0 Å². The highest BCUT2D eigenvalue weighted by Crippen LogP contribution is 2.33. The van der Waals surface area contributed by atoms with Gasteiger partial charge in [-0.15, -0.1) is 0 Å². The van der Waals surface area contributed by atoms with Crippen LogP contribution in [0.1, 0.15) is 24.6 Å². The smallest absolute Gasteiger partial charge is 0.375 e. The lowest BCUT2D eigenvalue weighted by molar-refractivity contribution is -0.137. The molecule has 0 aliphatic rings. The summed E-state index contributed by atoms with van der Waals surface area (Å²) < 4.78 is 42.8. The lowest BCUT2D eigenvalue weighted by Gasteiger charge is -2.09. The Morgan fingerprint density at radius 1 is 1.29 bits per heavy atom. The Hall–Kier alpha value is -2.35. The maximum atomic E-state index is 12.7. The zero-order valence-electron chi connectivity index (χ0n) is 13.3. The summed E-state index contributed by atoms with van der Waals surface area (Å²) in [6.45, 7) is 1.85. The van der Waals surface area contributed by atoms with Crippen molar-refractivity contribution in [3.63, 3.8) is 0 Å². The molecule has 1 amide bonds. The van der Waals surface area contributed by atoms with E-state index < -0.39 is 11.7 Å². The molecule has 2 aromatic rings. The molecule has 24 heavy (non-hydrogen) atoms. The van der Waals surface area contributed by atoms with E-state index in [-0.39, 0.29) is 12.5 Å². The molecule has 0 radical (unpaired) electrons. The van der Waals surface area contributed by atoms with E-state index in [4.69, 9.17) is 4.74 Å². The molecule has 2 N–H and O–H groups in total. The van der Waals surface area contributed by atoms with Gasteiger partial charge in [-0.05, 0) is 18.6 Å². The van der Waals surface area contributed by atoms with Crippen LogP contribution in [-0.4, -0.2) is 29.8 Å². The lowest BCUT2D eigenvalue weighted by Crippen LogP contribution is -2.18. The molecule has 0 fully saturated rings. The number of aromatic nitrogens is 2. The number of nitrogens with one attached hydrogen (secondary N) is 2. The minimum absolute atomic E-state index is 0.122. The van der Waals surface area contributed by atoms with Crippen molar-refractivity contribution in [1.29, 1.82) is 0 Å². The molecular formula is C16H18F3N3O2. The predicted molar refractivity (Wildman–Crippen MR) is 83.5 cm³/mol. The standard InChI is InChI=1S/C16H18F3N3O2/c1-3-4-12-15(20-13(23)9-24-2)14(22-21-12)10-5-7-11(8-6-10)16(17,18)19/h5-8H,3-4,9H2,1-2H3,(H,20,23)(H,21,22). The molecule has 0 aliphatic carbocycles. The second-order valence-electron chi connectivity index (χ2n) is 5.23. The maximum Gasteiger partial charge on any atom is 0.416 e. The molecule has 5 nitrogen and oxygen atoms in total. The Morgan fingerprint density at radius 2 is 1.96 bits per heavy atom. The van der Waals surface area contributed by atoms with Crippen molar-refractivity contribution in [2.75, 3.05) is 19.0 Å². The highest BCUT2D eigenvalue weighted by Gasteiger charge is 2.30. The summed E-state index contributed by atoms with van der Waals surface area (Å²) in [5, 5.41) is 9.69. The van der Waals surface area contributed by atoms with E-state index in [0.29, 0.717) is 23.4 Å². The van der Waals surface area contributed by atoms with Gasteiger partial charge >= 0.3 is 6.18 Å². The summed E-state index contributed by atoms with van der Waals surface area (Å²) in [5.41, 5.74) is 1.34. The molecule has 2 rings (SSSR count). The number of alkyl halides is 3. The van der Waals surface area contributed by atoms with Crippen molar-refractivity contribution in [2.24, 2.45) is 0 Å². The summed E-state index contributed by atoms with van der Waals surface area (Å²) in [6.07, 6.45) is -2.93. The number of aryl methyl sites for hydroxylation is 1. The van der Waals surface area contributed by atoms with Gasteiger partial charge in [-0.3, -0.25) is 9.89 Å². The van der Waals surface area contributed by atoms with Gasteiger partial charge in [0.1, 0.15) is 12.3 Å². The van der Waals surface area contributed by atoms with Crippen LogP contribution in [0.4, 0.5) is 18.9 Å². The normalized spacial score (nSPS) is 11.5. The maximum absolute atomic E-state index is 12.7. The zero-order valence-corrected chi connectivity index (χ0v) is 13.3. The predicted octanol–water partition coefficient (Wildman–Crippen LogP) is 3.63. The fourth-order valence-electron chi connectivity index (χ4n) is 2.28. The summed E-state index contributed by atoms with van der Waals surface area (Å²) >= 11 is 0. The van der Waals surface area contributed by atoms with E-state index in [2.05, 4.69) is 15.5 Å². The van der Waals surface area contributed by atoms with Crippen molar-refractivity contribution in [2.45, 2.75) is 25.9 Å². The van der Waals surface area contributed by atoms with Gasteiger partial charge in [0, 0.05) is 12.7 Å². The van der Waals surface area contributed by atoms with Gasteiger partial charge in [0.25, 0.3) is 0 Å². The number of ether oxygens (including phenoxy) is 1. The SMILES string of the molecule is CCCc1[nH]nc(-c2ccc(C(F)(F)F)cc2)c1NC(=O)COC. The number of methoxy groups -OCH3 is 1. The lowest BCUT2D eigenvalue weighted by atomic mass is 10.1. The first-order valence-electron chi connectivity index (χ1n) is 7.40. The van der Waals surface area contributed by atoms with Gasteiger partial charge < -0.3 is 10.1 Å². The fourth-order valence-corrected chi connectivity index (χ4v) is 2.28. The summed E-state index contributed by atoms with van der Waals surface area (Å²) in [4.78, 5) is 11.8. The molecule has 0 aliphatic heterocycles. The summed E-state index contributed by atoms with van der Waals surface area (Å²) in [7, 11) is 1.40. The molecule has 130 valence electrons. The molecular weight excluding hydrogens is 323 g/mol. The molecule has 1 aromatic carbocycles. The average Bonchev–Trinajstić information content (AvgIpc) is 2.90. The van der Waals surface area contributed by atoms with Crippen LogP contribution in [0.2, 0.25) is 0 Å². The van der Waals surface area contributed by atoms with E-state index in [1.165, 1.54) is 19.2 Å². The third-order valence-corrected chi connectivity index (χ3v) is 3.37. The molecule has 8 heteroatoms. The van der Waals surface area contributed by atoms with Gasteiger partial charge in [0.15, 0.2) is 0 Å². The van der Waals surface area contributed by atoms with Gasteiger partial charge in [-0.25, -0.2) is 0 Å². The van der Waals surface area contributed by atoms with Gasteiger partial charge in [-0.2, -0.15) is 18.3 Å². The second kappa shape index (κ2) is 7.48. The third-order valence-electron chi connectivity index (χ3n) is 3.37. The number of hydrogen-bond acceptors (Lipinski definition) is 3. The molecule has 0 spiro atoms. The van der Waals surface area contributed by atoms with E-state index in [9.17, 15) is 18.0 Å². The van der Waals surface area contributed by atoms with Crippen LogP contribution in [-0.2, 0) is 22.1 Å². The molecule has 0 saturated heterocycles. The van der Waals surface area contributed by atoms with Crippen LogP contribution in [0.5, 0.6) is 0 Å². The number of H-pyrrole nitrogens is 1. The number of anilines is 1. The number of nitrogens with zero attached hydrogens (tertiary/aromatic N) is 1. The van der Waals surface area contributed by atoms with Gasteiger partial charge in [0.2, 0.25) is 5.91 Å². The number of hydrogen-bond donors (Lipinski definition) is 2. The van der Waals surface area contributed by atoms with Crippen molar-refractivity contribution >= 4 is 11.6 Å². The molecule has 0 bridgehead atoms. The van der Waals surface area contributed by atoms with Crippen LogP contribution in [0.15, 0.2) is 24.3 Å². The number of amides is 1. The van der Waals surface area contributed by atoms with Crippen molar-refractivity contribution in [3.8, 4) is 11.3 Å². The first kappa shape index (κ1) is 18.0. The van der Waals surface area contributed by atoms with Gasteiger partial charge in [-0.1, -0.05) is 25.5 Å². The number of aromatic amines is 1. The molecule has 0 atom stereocenters. The second-order valence-corrected chi connectivity index (χ2v) is 5.23. The van der Waals surface area contributed by atoms with Crippen LogP contribution in [0.3, 0.4) is 0 Å².